The fourth-order valence-corrected chi connectivity index (χ4v) is 7.92. The summed E-state index contributed by atoms with van der Waals surface area (Å²) in [6.45, 7) is 0. The zero-order valence-electron chi connectivity index (χ0n) is 13.6. The first-order valence-electron chi connectivity index (χ1n) is 8.19. The van der Waals surface area contributed by atoms with Gasteiger partial charge in [0, 0.05) is 12.4 Å². The summed E-state index contributed by atoms with van der Waals surface area (Å²) >= 11 is 2.47. The number of alkyl halides is 1. The second-order valence-corrected chi connectivity index (χ2v) is 10.4. The van der Waals surface area contributed by atoms with Gasteiger partial charge in [-0.25, -0.2) is 0 Å². The Hall–Kier alpha value is -1.32. The van der Waals surface area contributed by atoms with Crippen molar-refractivity contribution < 1.29 is 0 Å². The number of hydrogen-bond donors (Lipinski definition) is 0. The Morgan fingerprint density at radius 2 is 1.29 bits per heavy atom. The van der Waals surface area contributed by atoms with Crippen LogP contribution in [0.15, 0.2) is 79.4 Å². The zero-order chi connectivity index (χ0) is 16.7. The second-order valence-electron chi connectivity index (χ2n) is 5.69. The van der Waals surface area contributed by atoms with Crippen molar-refractivity contribution in [3.63, 3.8) is 0 Å². The van der Waals surface area contributed by atoms with Crippen molar-refractivity contribution in [2.45, 2.75) is 12.8 Å². The molecule has 3 aromatic rings. The number of nitrogens with zero attached hydrogens (tertiary/aromatic N) is 2. The van der Waals surface area contributed by atoms with Gasteiger partial charge < -0.3 is 0 Å². The third kappa shape index (κ3) is 3.68. The molecule has 24 heavy (non-hydrogen) atoms. The Morgan fingerprint density at radius 1 is 0.708 bits per heavy atom. The Kier molecular flexibility index (Phi) is 6.33. The van der Waals surface area contributed by atoms with E-state index in [4.69, 9.17) is 0 Å². The van der Waals surface area contributed by atoms with Crippen LogP contribution in [0.5, 0.6) is 0 Å². The van der Waals surface area contributed by atoms with Gasteiger partial charge in [-0.2, -0.15) is 0 Å². The molecule has 122 valence electrons. The minimum Gasteiger partial charge on any atom is -0.261 e. The predicted molar refractivity (Wildman–Crippen MR) is 114 cm³/mol. The van der Waals surface area contributed by atoms with Crippen molar-refractivity contribution in [2.24, 2.45) is 0 Å². The highest BCUT2D eigenvalue weighted by Crippen LogP contribution is 2.55. The highest BCUT2D eigenvalue weighted by Gasteiger charge is 2.45. The van der Waals surface area contributed by atoms with Gasteiger partial charge in [0.2, 0.25) is 0 Å². The van der Waals surface area contributed by atoms with Gasteiger partial charge in [0.1, 0.15) is 23.2 Å². The average Bonchev–Trinajstić information content (AvgIpc) is 2.68. The number of hydrogen-bond acceptors (Lipinski definition) is 2. The average molecular weight is 443 g/mol. The topological polar surface area (TPSA) is 25.8 Å². The molecule has 2 nitrogen and oxygen atoms in total. The highest BCUT2D eigenvalue weighted by atomic mass is 123. The number of benzene rings is 1. The molecule has 0 unspecified atom stereocenters. The van der Waals surface area contributed by atoms with Crippen molar-refractivity contribution in [1.29, 1.82) is 0 Å². The summed E-state index contributed by atoms with van der Waals surface area (Å²) in [7, 11) is -1.71. The SMILES string of the molecule is [123I]CCCC[P+](c1ccccc1)(c1cccnc1)c1cccnc1. The molecule has 0 aliphatic carbocycles. The van der Waals surface area contributed by atoms with Crippen molar-refractivity contribution >= 4 is 45.8 Å². The molecular weight excluding hydrogens is 422 g/mol. The Morgan fingerprint density at radius 3 is 1.79 bits per heavy atom. The Balaban J connectivity index is 2.20. The molecule has 0 bridgehead atoms. The van der Waals surface area contributed by atoms with E-state index >= 15 is 0 Å². The molecular formula is C20H21IN2P+. The molecule has 0 aliphatic rings. The molecule has 0 atom stereocenters. The van der Waals surface area contributed by atoms with Gasteiger partial charge >= 0.3 is 0 Å². The number of pyridine rings is 2. The van der Waals surface area contributed by atoms with E-state index in [0.717, 1.165) is 6.16 Å². The molecule has 0 spiro atoms. The summed E-state index contributed by atoms with van der Waals surface area (Å²) < 4.78 is 1.20. The predicted octanol–water partition coefficient (Wildman–Crippen LogP) is 3.99. The lowest BCUT2D eigenvalue weighted by molar-refractivity contribution is 0.913. The van der Waals surface area contributed by atoms with Crippen LogP contribution in [0.25, 0.3) is 0 Å². The van der Waals surface area contributed by atoms with Crippen molar-refractivity contribution in [1.82, 2.24) is 9.97 Å². The molecule has 4 heteroatoms. The lowest BCUT2D eigenvalue weighted by Crippen LogP contribution is -2.33. The van der Waals surface area contributed by atoms with Gasteiger partial charge in [-0.1, -0.05) is 40.8 Å². The normalized spacial score (nSPS) is 11.4. The molecule has 0 amide bonds. The Labute approximate surface area is 158 Å². The quantitative estimate of drug-likeness (QED) is 0.239. The van der Waals surface area contributed by atoms with Crippen LogP contribution in [0.1, 0.15) is 12.8 Å². The fraction of sp³-hybridized carbons (Fsp3) is 0.200. The van der Waals surface area contributed by atoms with Crippen LogP contribution in [0, 0.1) is 0 Å². The first-order valence-corrected chi connectivity index (χ1v) is 11.7. The van der Waals surface area contributed by atoms with E-state index in [0.29, 0.717) is 0 Å². The molecule has 0 N–H and O–H groups in total. The molecule has 2 aromatic heterocycles. The maximum absolute atomic E-state index is 4.44. The van der Waals surface area contributed by atoms with Gasteiger partial charge in [-0.05, 0) is 53.7 Å². The molecule has 1 aromatic carbocycles. The number of rotatable bonds is 7. The summed E-state index contributed by atoms with van der Waals surface area (Å²) in [5.41, 5.74) is 0. The van der Waals surface area contributed by atoms with Crippen LogP contribution < -0.4 is 15.9 Å². The summed E-state index contributed by atoms with van der Waals surface area (Å²) in [5.74, 6) is 0. The monoisotopic (exact) mass is 443 g/mol. The number of aromatic nitrogens is 2. The molecule has 2 heterocycles. The largest absolute Gasteiger partial charge is 0.261 e. The summed E-state index contributed by atoms with van der Waals surface area (Å²) in [6, 6.07) is 19.5. The van der Waals surface area contributed by atoms with E-state index in [1.54, 1.807) is 0 Å². The summed E-state index contributed by atoms with van der Waals surface area (Å²) in [5, 5.41) is 4.11. The minimum absolute atomic E-state index is 1.16. The smallest absolute Gasteiger partial charge is 0.123 e. The second kappa shape index (κ2) is 8.68. The molecule has 0 fully saturated rings. The zero-order valence-corrected chi connectivity index (χ0v) is 16.6. The van der Waals surface area contributed by atoms with Crippen LogP contribution in [0.2, 0.25) is 0 Å². The molecule has 3 rings (SSSR count). The van der Waals surface area contributed by atoms with Crippen LogP contribution in [-0.2, 0) is 0 Å². The minimum atomic E-state index is -1.71. The lowest BCUT2D eigenvalue weighted by atomic mass is 10.4. The molecule has 0 saturated heterocycles. The van der Waals surface area contributed by atoms with E-state index in [1.807, 2.05) is 12.4 Å². The van der Waals surface area contributed by atoms with E-state index in [1.165, 1.54) is 33.2 Å². The standard InChI is InChI=1S/C20H21IN2P/c21-12-4-5-15-24(18-8-2-1-3-9-18,19-10-6-13-22-16-19)20-11-7-14-23-17-20/h1-3,6-11,13-14,16-17H,4-5,12,15H2/q+1/i21-4. The third-order valence-corrected chi connectivity index (χ3v) is 9.47. The maximum atomic E-state index is 4.44. The third-order valence-electron chi connectivity index (χ3n) is 4.25. The molecule has 0 radical (unpaired) electrons. The first kappa shape index (κ1) is 17.5. The lowest BCUT2D eigenvalue weighted by Gasteiger charge is -2.27. The van der Waals surface area contributed by atoms with Crippen molar-refractivity contribution in [3.05, 3.63) is 79.4 Å². The Bertz CT molecular complexity index is 639. The van der Waals surface area contributed by atoms with E-state index in [-0.39, 0.29) is 0 Å². The van der Waals surface area contributed by atoms with E-state index < -0.39 is 7.26 Å². The fourth-order valence-electron chi connectivity index (χ4n) is 3.12. The van der Waals surface area contributed by atoms with Crippen molar-refractivity contribution in [3.8, 4) is 0 Å². The summed E-state index contributed by atoms with van der Waals surface area (Å²) in [6.07, 6.45) is 11.5. The first-order chi connectivity index (χ1) is 11.9. The van der Waals surface area contributed by atoms with Crippen LogP contribution in [0.4, 0.5) is 0 Å². The molecule has 0 aliphatic heterocycles. The number of unbranched alkanes of at least 4 members (excludes halogenated alkanes) is 1. The van der Waals surface area contributed by atoms with Crippen LogP contribution in [-0.4, -0.2) is 20.6 Å². The van der Waals surface area contributed by atoms with Gasteiger partial charge in [0.25, 0.3) is 0 Å². The van der Waals surface area contributed by atoms with E-state index in [9.17, 15) is 0 Å². The summed E-state index contributed by atoms with van der Waals surface area (Å²) in [4.78, 5) is 8.87. The van der Waals surface area contributed by atoms with Gasteiger partial charge in [-0.15, -0.1) is 0 Å². The number of halogens is 1. The van der Waals surface area contributed by atoms with Gasteiger partial charge in [0.15, 0.2) is 0 Å². The van der Waals surface area contributed by atoms with E-state index in [2.05, 4.69) is 99.5 Å². The van der Waals surface area contributed by atoms with Crippen LogP contribution >= 0.6 is 29.9 Å². The van der Waals surface area contributed by atoms with Crippen molar-refractivity contribution in [2.75, 3.05) is 10.6 Å². The highest BCUT2D eigenvalue weighted by molar-refractivity contribution is 14.1. The maximum Gasteiger partial charge on any atom is 0.123 e. The van der Waals surface area contributed by atoms with Gasteiger partial charge in [0.05, 0.1) is 18.6 Å². The molecule has 0 saturated carbocycles. The van der Waals surface area contributed by atoms with Crippen LogP contribution in [0.3, 0.4) is 0 Å². The van der Waals surface area contributed by atoms with Gasteiger partial charge in [-0.3, -0.25) is 9.97 Å².